The van der Waals surface area contributed by atoms with Gasteiger partial charge in [0, 0.05) is 33.9 Å². The molecule has 0 saturated heterocycles. The Kier molecular flexibility index (Phi) is 7.79. The average molecular weight is 286 g/mol. The van der Waals surface area contributed by atoms with Crippen molar-refractivity contribution in [1.82, 2.24) is 10.3 Å². The topological polar surface area (TPSA) is 37.4 Å². The fourth-order valence-corrected chi connectivity index (χ4v) is 1.93. The molecule has 1 aromatic rings. The van der Waals surface area contributed by atoms with Gasteiger partial charge in [0.1, 0.15) is 5.82 Å². The zero-order chi connectivity index (χ0) is 14.1. The second kappa shape index (κ2) is 9.13. The highest BCUT2D eigenvalue weighted by Crippen LogP contribution is 2.18. The molecule has 0 unspecified atom stereocenters. The first-order chi connectivity index (χ1) is 9.19. The monoisotopic (exact) mass is 285 g/mol. The molecule has 0 fully saturated rings. The standard InChI is InChI=1S/C14H24ClN3O/c1-4-8-16-11-13-12(15)6-7-14(17-13)18(2)9-5-10-19-3/h6-7,16H,4-5,8-11H2,1-3H3. The molecule has 1 heterocycles. The van der Waals surface area contributed by atoms with E-state index in [0.717, 1.165) is 49.1 Å². The summed E-state index contributed by atoms with van der Waals surface area (Å²) in [5, 5.41) is 4.05. The average Bonchev–Trinajstić information content (AvgIpc) is 2.41. The quantitative estimate of drug-likeness (QED) is 0.708. The van der Waals surface area contributed by atoms with Crippen LogP contribution in [0, 0.1) is 0 Å². The third-order valence-electron chi connectivity index (χ3n) is 2.86. The van der Waals surface area contributed by atoms with Crippen molar-refractivity contribution in [2.24, 2.45) is 0 Å². The molecular formula is C14H24ClN3O. The van der Waals surface area contributed by atoms with Crippen LogP contribution in [-0.4, -0.2) is 38.8 Å². The number of hydrogen-bond donors (Lipinski definition) is 1. The lowest BCUT2D eigenvalue weighted by Crippen LogP contribution is -2.22. The molecule has 4 nitrogen and oxygen atoms in total. The molecule has 1 N–H and O–H groups in total. The van der Waals surface area contributed by atoms with Crippen LogP contribution >= 0.6 is 11.6 Å². The smallest absolute Gasteiger partial charge is 0.128 e. The van der Waals surface area contributed by atoms with E-state index in [1.54, 1.807) is 7.11 Å². The predicted molar refractivity (Wildman–Crippen MR) is 81.0 cm³/mol. The SMILES string of the molecule is CCCNCc1nc(N(C)CCCOC)ccc1Cl. The number of methoxy groups -OCH3 is 1. The summed E-state index contributed by atoms with van der Waals surface area (Å²) < 4.78 is 5.06. The van der Waals surface area contributed by atoms with E-state index in [1.807, 2.05) is 19.2 Å². The van der Waals surface area contributed by atoms with E-state index in [0.29, 0.717) is 6.54 Å². The van der Waals surface area contributed by atoms with Gasteiger partial charge in [-0.05, 0) is 31.5 Å². The predicted octanol–water partition coefficient (Wildman–Crippen LogP) is 2.71. The normalized spacial score (nSPS) is 10.7. The molecule has 108 valence electrons. The summed E-state index contributed by atoms with van der Waals surface area (Å²) in [5.41, 5.74) is 0.909. The highest BCUT2D eigenvalue weighted by atomic mass is 35.5. The van der Waals surface area contributed by atoms with Crippen molar-refractivity contribution in [3.05, 3.63) is 22.8 Å². The Labute approximate surface area is 121 Å². The third kappa shape index (κ3) is 5.76. The number of rotatable bonds is 9. The Hall–Kier alpha value is -0.840. The molecule has 1 rings (SSSR count). The number of pyridine rings is 1. The van der Waals surface area contributed by atoms with Gasteiger partial charge in [-0.1, -0.05) is 18.5 Å². The number of ether oxygens (including phenoxy) is 1. The second-order valence-corrected chi connectivity index (χ2v) is 4.95. The Morgan fingerprint density at radius 2 is 2.21 bits per heavy atom. The molecule has 0 saturated carbocycles. The van der Waals surface area contributed by atoms with Gasteiger partial charge in [-0.3, -0.25) is 0 Å². The highest BCUT2D eigenvalue weighted by molar-refractivity contribution is 6.31. The van der Waals surface area contributed by atoms with Gasteiger partial charge in [-0.15, -0.1) is 0 Å². The molecular weight excluding hydrogens is 262 g/mol. The van der Waals surface area contributed by atoms with Crippen molar-refractivity contribution in [2.45, 2.75) is 26.3 Å². The van der Waals surface area contributed by atoms with Gasteiger partial charge < -0.3 is 15.0 Å². The fourth-order valence-electron chi connectivity index (χ4n) is 1.75. The van der Waals surface area contributed by atoms with Crippen molar-refractivity contribution >= 4 is 17.4 Å². The van der Waals surface area contributed by atoms with Crippen LogP contribution in [0.1, 0.15) is 25.5 Å². The first-order valence-corrected chi connectivity index (χ1v) is 7.13. The number of nitrogens with zero attached hydrogens (tertiary/aromatic N) is 2. The van der Waals surface area contributed by atoms with E-state index < -0.39 is 0 Å². The summed E-state index contributed by atoms with van der Waals surface area (Å²) in [5.74, 6) is 0.953. The van der Waals surface area contributed by atoms with Crippen LogP contribution in [0.3, 0.4) is 0 Å². The molecule has 5 heteroatoms. The number of halogens is 1. The summed E-state index contributed by atoms with van der Waals surface area (Å²) in [7, 11) is 3.76. The molecule has 0 aliphatic rings. The highest BCUT2D eigenvalue weighted by Gasteiger charge is 2.07. The number of aromatic nitrogens is 1. The minimum Gasteiger partial charge on any atom is -0.385 e. The van der Waals surface area contributed by atoms with Crippen molar-refractivity contribution < 1.29 is 4.74 Å². The van der Waals surface area contributed by atoms with Crippen LogP contribution in [0.4, 0.5) is 5.82 Å². The molecule has 0 aliphatic heterocycles. The minimum atomic E-state index is 0.715. The molecule has 0 radical (unpaired) electrons. The Morgan fingerprint density at radius 3 is 2.89 bits per heavy atom. The molecule has 0 spiro atoms. The van der Waals surface area contributed by atoms with E-state index in [1.165, 1.54) is 0 Å². The van der Waals surface area contributed by atoms with Crippen molar-refractivity contribution in [2.75, 3.05) is 38.8 Å². The van der Waals surface area contributed by atoms with Crippen LogP contribution in [0.2, 0.25) is 5.02 Å². The second-order valence-electron chi connectivity index (χ2n) is 4.54. The molecule has 0 atom stereocenters. The van der Waals surface area contributed by atoms with Gasteiger partial charge in [0.25, 0.3) is 0 Å². The van der Waals surface area contributed by atoms with Crippen molar-refractivity contribution in [1.29, 1.82) is 0 Å². The lowest BCUT2D eigenvalue weighted by molar-refractivity contribution is 0.196. The van der Waals surface area contributed by atoms with E-state index >= 15 is 0 Å². The molecule has 0 aliphatic carbocycles. The van der Waals surface area contributed by atoms with Crippen LogP contribution in [0.5, 0.6) is 0 Å². The molecule has 1 aromatic heterocycles. The van der Waals surface area contributed by atoms with Gasteiger partial charge >= 0.3 is 0 Å². The van der Waals surface area contributed by atoms with Gasteiger partial charge in [0.05, 0.1) is 10.7 Å². The van der Waals surface area contributed by atoms with Gasteiger partial charge in [-0.2, -0.15) is 0 Å². The fraction of sp³-hybridized carbons (Fsp3) is 0.643. The number of anilines is 1. The summed E-state index contributed by atoms with van der Waals surface area (Å²) in [6, 6.07) is 3.87. The maximum absolute atomic E-state index is 6.17. The van der Waals surface area contributed by atoms with E-state index in [2.05, 4.69) is 22.1 Å². The lowest BCUT2D eigenvalue weighted by atomic mass is 10.3. The van der Waals surface area contributed by atoms with Gasteiger partial charge in [0.15, 0.2) is 0 Å². The molecule has 0 bridgehead atoms. The van der Waals surface area contributed by atoms with E-state index in [-0.39, 0.29) is 0 Å². The summed E-state index contributed by atoms with van der Waals surface area (Å²) >= 11 is 6.17. The Balaban J connectivity index is 2.60. The summed E-state index contributed by atoms with van der Waals surface area (Å²) in [6.45, 7) is 5.52. The zero-order valence-corrected chi connectivity index (χ0v) is 12.8. The van der Waals surface area contributed by atoms with Crippen molar-refractivity contribution in [3.63, 3.8) is 0 Å². The van der Waals surface area contributed by atoms with Crippen molar-refractivity contribution in [3.8, 4) is 0 Å². The molecule has 19 heavy (non-hydrogen) atoms. The van der Waals surface area contributed by atoms with Crippen LogP contribution in [-0.2, 0) is 11.3 Å². The van der Waals surface area contributed by atoms with Crippen LogP contribution in [0.25, 0.3) is 0 Å². The van der Waals surface area contributed by atoms with E-state index in [9.17, 15) is 0 Å². The minimum absolute atomic E-state index is 0.715. The third-order valence-corrected chi connectivity index (χ3v) is 3.20. The summed E-state index contributed by atoms with van der Waals surface area (Å²) in [6.07, 6.45) is 2.09. The zero-order valence-electron chi connectivity index (χ0n) is 12.1. The van der Waals surface area contributed by atoms with E-state index in [4.69, 9.17) is 16.3 Å². The number of hydrogen-bond acceptors (Lipinski definition) is 4. The maximum atomic E-state index is 6.17. The summed E-state index contributed by atoms with van der Waals surface area (Å²) in [4.78, 5) is 6.74. The van der Waals surface area contributed by atoms with Crippen LogP contribution in [0.15, 0.2) is 12.1 Å². The Bertz CT molecular complexity index is 374. The lowest BCUT2D eigenvalue weighted by Gasteiger charge is -2.19. The first kappa shape index (κ1) is 16.2. The van der Waals surface area contributed by atoms with Gasteiger partial charge in [0.2, 0.25) is 0 Å². The molecule has 0 amide bonds. The molecule has 0 aromatic carbocycles. The largest absolute Gasteiger partial charge is 0.385 e. The van der Waals surface area contributed by atoms with Gasteiger partial charge in [-0.25, -0.2) is 4.98 Å². The number of nitrogens with one attached hydrogen (secondary N) is 1. The van der Waals surface area contributed by atoms with Crippen LogP contribution < -0.4 is 10.2 Å². The Morgan fingerprint density at radius 1 is 1.42 bits per heavy atom. The first-order valence-electron chi connectivity index (χ1n) is 6.75. The maximum Gasteiger partial charge on any atom is 0.128 e.